The molecule has 3 heteroatoms. The molecule has 72 valence electrons. The maximum atomic E-state index is 11.5. The van der Waals surface area contributed by atoms with E-state index in [4.69, 9.17) is 4.74 Å². The minimum atomic E-state index is -0.482. The Bertz CT molecular complexity index is 373. The first kappa shape index (κ1) is 8.97. The maximum Gasteiger partial charge on any atom is 0.258 e. The van der Waals surface area contributed by atoms with Crippen molar-refractivity contribution in [3.8, 4) is 0 Å². The lowest BCUT2D eigenvalue weighted by Crippen LogP contribution is -2.15. The molecule has 0 saturated heterocycles. The van der Waals surface area contributed by atoms with Gasteiger partial charge >= 0.3 is 0 Å². The van der Waals surface area contributed by atoms with Crippen LogP contribution in [0.2, 0.25) is 0 Å². The Labute approximate surface area is 82.4 Å². The second-order valence-electron chi connectivity index (χ2n) is 3.08. The number of ether oxygens (including phenoxy) is 1. The van der Waals surface area contributed by atoms with Crippen LogP contribution >= 0.6 is 0 Å². The zero-order valence-corrected chi connectivity index (χ0v) is 7.69. The van der Waals surface area contributed by atoms with Crippen molar-refractivity contribution in [3.05, 3.63) is 42.5 Å². The van der Waals surface area contributed by atoms with Crippen molar-refractivity contribution in [3.63, 3.8) is 0 Å². The van der Waals surface area contributed by atoms with Gasteiger partial charge in [0.25, 0.3) is 5.91 Å². The molecular weight excluding hydrogens is 178 g/mol. The fourth-order valence-corrected chi connectivity index (χ4v) is 1.51. The monoisotopic (exact) mass is 189 g/mol. The number of nitrogens with one attached hydrogen (secondary N) is 1. The molecule has 0 aliphatic carbocycles. The molecule has 1 aromatic carbocycles. The van der Waals surface area contributed by atoms with Crippen LogP contribution < -0.4 is 5.32 Å². The highest BCUT2D eigenvalue weighted by atomic mass is 16.5. The lowest BCUT2D eigenvalue weighted by molar-refractivity contribution is -0.126. The Balaban J connectivity index is 2.25. The largest absolute Gasteiger partial charge is 0.359 e. The number of amides is 1. The van der Waals surface area contributed by atoms with E-state index in [1.54, 1.807) is 6.08 Å². The van der Waals surface area contributed by atoms with E-state index >= 15 is 0 Å². The minimum Gasteiger partial charge on any atom is -0.359 e. The third-order valence-corrected chi connectivity index (χ3v) is 2.12. The smallest absolute Gasteiger partial charge is 0.258 e. The van der Waals surface area contributed by atoms with Gasteiger partial charge in [0.2, 0.25) is 0 Å². The van der Waals surface area contributed by atoms with Crippen LogP contribution in [0.5, 0.6) is 0 Å². The Morgan fingerprint density at radius 1 is 1.50 bits per heavy atom. The van der Waals surface area contributed by atoms with Gasteiger partial charge in [-0.1, -0.05) is 24.3 Å². The lowest BCUT2D eigenvalue weighted by Gasteiger charge is -2.07. The number of rotatable bonds is 3. The summed E-state index contributed by atoms with van der Waals surface area (Å²) in [6.45, 7) is 3.93. The Morgan fingerprint density at radius 3 is 3.07 bits per heavy atom. The Morgan fingerprint density at radius 2 is 2.29 bits per heavy atom. The van der Waals surface area contributed by atoms with Gasteiger partial charge in [-0.3, -0.25) is 4.79 Å². The summed E-state index contributed by atoms with van der Waals surface area (Å²) in [7, 11) is 0. The van der Waals surface area contributed by atoms with E-state index in [0.717, 1.165) is 11.3 Å². The summed E-state index contributed by atoms with van der Waals surface area (Å²) in [4.78, 5) is 11.5. The molecule has 0 saturated carbocycles. The Hall–Kier alpha value is -1.61. The minimum absolute atomic E-state index is 0.104. The number of carbonyl (C=O) groups excluding carboxylic acids is 1. The van der Waals surface area contributed by atoms with E-state index in [-0.39, 0.29) is 5.91 Å². The van der Waals surface area contributed by atoms with Crippen LogP contribution in [0.1, 0.15) is 11.7 Å². The SMILES string of the molecule is C=CCOC1C(=O)Nc2ccccc21. The molecule has 1 atom stereocenters. The average Bonchev–Trinajstić information content (AvgIpc) is 2.51. The molecule has 1 aliphatic heterocycles. The van der Waals surface area contributed by atoms with Gasteiger partial charge in [0.1, 0.15) is 0 Å². The van der Waals surface area contributed by atoms with Crippen molar-refractivity contribution in [2.75, 3.05) is 11.9 Å². The maximum absolute atomic E-state index is 11.5. The summed E-state index contributed by atoms with van der Waals surface area (Å²) in [6.07, 6.45) is 1.15. The second-order valence-corrected chi connectivity index (χ2v) is 3.08. The van der Waals surface area contributed by atoms with Crippen molar-refractivity contribution < 1.29 is 9.53 Å². The summed E-state index contributed by atoms with van der Waals surface area (Å²) in [5.41, 5.74) is 1.74. The summed E-state index contributed by atoms with van der Waals surface area (Å²) >= 11 is 0. The van der Waals surface area contributed by atoms with Crippen LogP contribution in [0.15, 0.2) is 36.9 Å². The third-order valence-electron chi connectivity index (χ3n) is 2.12. The summed E-state index contributed by atoms with van der Waals surface area (Å²) in [6, 6.07) is 7.53. The molecule has 1 unspecified atom stereocenters. The van der Waals surface area contributed by atoms with Gasteiger partial charge in [-0.15, -0.1) is 6.58 Å². The molecule has 0 radical (unpaired) electrons. The number of para-hydroxylation sites is 1. The number of hydrogen-bond acceptors (Lipinski definition) is 2. The molecule has 1 amide bonds. The molecule has 1 aromatic rings. The number of carbonyl (C=O) groups is 1. The predicted molar refractivity (Wildman–Crippen MR) is 54.0 cm³/mol. The third kappa shape index (κ3) is 1.42. The summed E-state index contributed by atoms with van der Waals surface area (Å²) < 4.78 is 5.36. The molecule has 2 rings (SSSR count). The highest BCUT2D eigenvalue weighted by molar-refractivity contribution is 6.01. The van der Waals surface area contributed by atoms with Gasteiger partial charge < -0.3 is 10.1 Å². The first-order chi connectivity index (χ1) is 6.83. The van der Waals surface area contributed by atoms with Gasteiger partial charge in [-0.2, -0.15) is 0 Å². The number of benzene rings is 1. The van der Waals surface area contributed by atoms with E-state index in [1.807, 2.05) is 24.3 Å². The molecule has 1 N–H and O–H groups in total. The number of fused-ring (bicyclic) bond motifs is 1. The first-order valence-electron chi connectivity index (χ1n) is 4.45. The van der Waals surface area contributed by atoms with Crippen LogP contribution in [0.4, 0.5) is 5.69 Å². The van der Waals surface area contributed by atoms with Crippen molar-refractivity contribution in [2.45, 2.75) is 6.10 Å². The quantitative estimate of drug-likeness (QED) is 0.737. The standard InChI is InChI=1S/C11H11NO2/c1-2-7-14-10-8-5-3-4-6-9(8)12-11(10)13/h2-6,10H,1,7H2,(H,12,13). The van der Waals surface area contributed by atoms with Crippen molar-refractivity contribution in [1.29, 1.82) is 0 Å². The van der Waals surface area contributed by atoms with Gasteiger partial charge in [0, 0.05) is 11.3 Å². The molecule has 3 nitrogen and oxygen atoms in total. The normalized spacial score (nSPS) is 18.9. The van der Waals surface area contributed by atoms with E-state index < -0.39 is 6.10 Å². The van der Waals surface area contributed by atoms with Crippen molar-refractivity contribution >= 4 is 11.6 Å². The Kier molecular flexibility index (Phi) is 2.33. The highest BCUT2D eigenvalue weighted by Crippen LogP contribution is 2.32. The highest BCUT2D eigenvalue weighted by Gasteiger charge is 2.30. The second kappa shape index (κ2) is 3.64. The zero-order chi connectivity index (χ0) is 9.97. The summed E-state index contributed by atoms with van der Waals surface area (Å²) in [5.74, 6) is -0.104. The van der Waals surface area contributed by atoms with Crippen LogP contribution in [-0.2, 0) is 9.53 Å². The van der Waals surface area contributed by atoms with E-state index in [1.165, 1.54) is 0 Å². The molecule has 0 spiro atoms. The van der Waals surface area contributed by atoms with Gasteiger partial charge in [-0.25, -0.2) is 0 Å². The average molecular weight is 189 g/mol. The van der Waals surface area contributed by atoms with Crippen molar-refractivity contribution in [2.24, 2.45) is 0 Å². The number of hydrogen-bond donors (Lipinski definition) is 1. The zero-order valence-electron chi connectivity index (χ0n) is 7.69. The van der Waals surface area contributed by atoms with Crippen LogP contribution in [0.25, 0.3) is 0 Å². The molecule has 0 fully saturated rings. The van der Waals surface area contributed by atoms with Crippen LogP contribution in [-0.4, -0.2) is 12.5 Å². The first-order valence-corrected chi connectivity index (χ1v) is 4.45. The van der Waals surface area contributed by atoms with E-state index in [0.29, 0.717) is 6.61 Å². The van der Waals surface area contributed by atoms with E-state index in [9.17, 15) is 4.79 Å². The molecule has 1 heterocycles. The van der Waals surface area contributed by atoms with Gasteiger partial charge in [0.05, 0.1) is 6.61 Å². The molecule has 14 heavy (non-hydrogen) atoms. The fourth-order valence-electron chi connectivity index (χ4n) is 1.51. The summed E-state index contributed by atoms with van der Waals surface area (Å²) in [5, 5.41) is 2.76. The number of anilines is 1. The lowest BCUT2D eigenvalue weighted by atomic mass is 10.1. The fraction of sp³-hybridized carbons (Fsp3) is 0.182. The topological polar surface area (TPSA) is 38.3 Å². The van der Waals surface area contributed by atoms with E-state index in [2.05, 4.69) is 11.9 Å². The molecule has 0 aromatic heterocycles. The van der Waals surface area contributed by atoms with Crippen LogP contribution in [0.3, 0.4) is 0 Å². The van der Waals surface area contributed by atoms with Crippen LogP contribution in [0, 0.1) is 0 Å². The molecule has 0 bridgehead atoms. The van der Waals surface area contributed by atoms with Gasteiger partial charge in [-0.05, 0) is 6.07 Å². The predicted octanol–water partition coefficient (Wildman–Crippen LogP) is 1.88. The van der Waals surface area contributed by atoms with Gasteiger partial charge in [0.15, 0.2) is 6.10 Å². The molecule has 1 aliphatic rings. The van der Waals surface area contributed by atoms with Crippen molar-refractivity contribution in [1.82, 2.24) is 0 Å². The molecular formula is C11H11NO2.